The molecule has 0 aromatic heterocycles. The average Bonchev–Trinajstić information content (AvgIpc) is 2.69. The van der Waals surface area contributed by atoms with Gasteiger partial charge in [-0.25, -0.2) is 0 Å². The van der Waals surface area contributed by atoms with E-state index in [1.165, 1.54) is 51.4 Å². The molecule has 0 unspecified atom stereocenters. The van der Waals surface area contributed by atoms with Crippen LogP contribution in [0.5, 0.6) is 0 Å². The molecule has 0 N–H and O–H groups in total. The molecule has 0 aliphatic rings. The zero-order valence-corrected chi connectivity index (χ0v) is 18.8. The predicted octanol–water partition coefficient (Wildman–Crippen LogP) is 5.51. The predicted molar refractivity (Wildman–Crippen MR) is 115 cm³/mol. The van der Waals surface area contributed by atoms with Crippen LogP contribution in [0.1, 0.15) is 104 Å². The van der Waals surface area contributed by atoms with Gasteiger partial charge in [0.15, 0.2) is 0 Å². The first-order valence-corrected chi connectivity index (χ1v) is 11.6. The maximum Gasteiger partial charge on any atom is 0.307 e. The van der Waals surface area contributed by atoms with Gasteiger partial charge in [-0.3, -0.25) is 9.59 Å². The van der Waals surface area contributed by atoms with Crippen LogP contribution in [-0.2, 0) is 19.1 Å². The molecule has 0 saturated heterocycles. The van der Waals surface area contributed by atoms with E-state index in [0.717, 1.165) is 25.7 Å². The highest BCUT2D eigenvalue weighted by Gasteiger charge is 2.09. The Kier molecular flexibility index (Phi) is 19.8. The van der Waals surface area contributed by atoms with Gasteiger partial charge in [-0.05, 0) is 19.9 Å². The van der Waals surface area contributed by atoms with Crippen molar-refractivity contribution in [1.29, 1.82) is 0 Å². The van der Waals surface area contributed by atoms with Crippen molar-refractivity contribution in [2.45, 2.75) is 104 Å². The molecular formula is C23H45NO4. The Morgan fingerprint density at radius 3 is 1.36 bits per heavy atom. The molecule has 0 atom stereocenters. The van der Waals surface area contributed by atoms with Crippen molar-refractivity contribution in [3.05, 3.63) is 0 Å². The molecule has 166 valence electrons. The molecule has 5 nitrogen and oxygen atoms in total. The fourth-order valence-electron chi connectivity index (χ4n) is 2.96. The standard InChI is InChI=1S/C23H45NO4/c1-4-6-8-10-12-14-20-27-22(25)16-18-24(3)19-17-23(26)28-21-15-13-11-9-7-5-2/h4-21H2,1-3H3. The van der Waals surface area contributed by atoms with Crippen LogP contribution >= 0.6 is 0 Å². The summed E-state index contributed by atoms with van der Waals surface area (Å²) in [4.78, 5) is 25.5. The fraction of sp³-hybridized carbons (Fsp3) is 0.913. The van der Waals surface area contributed by atoms with Crippen LogP contribution in [0.3, 0.4) is 0 Å². The minimum absolute atomic E-state index is 0.147. The van der Waals surface area contributed by atoms with Gasteiger partial charge in [-0.2, -0.15) is 0 Å². The number of carbonyl (C=O) groups excluding carboxylic acids is 2. The van der Waals surface area contributed by atoms with Gasteiger partial charge in [-0.1, -0.05) is 78.1 Å². The summed E-state index contributed by atoms with van der Waals surface area (Å²) in [6, 6.07) is 0. The van der Waals surface area contributed by atoms with E-state index in [1.54, 1.807) is 0 Å². The number of hydrogen-bond acceptors (Lipinski definition) is 5. The lowest BCUT2D eigenvalue weighted by atomic mass is 10.1. The number of unbranched alkanes of at least 4 members (excludes halogenated alkanes) is 10. The van der Waals surface area contributed by atoms with Gasteiger partial charge in [0, 0.05) is 13.1 Å². The Bertz CT molecular complexity index is 340. The monoisotopic (exact) mass is 399 g/mol. The smallest absolute Gasteiger partial charge is 0.307 e. The molecule has 0 bridgehead atoms. The van der Waals surface area contributed by atoms with Gasteiger partial charge in [0.1, 0.15) is 0 Å². The molecule has 5 heteroatoms. The van der Waals surface area contributed by atoms with E-state index in [0.29, 0.717) is 39.1 Å². The average molecular weight is 400 g/mol. The van der Waals surface area contributed by atoms with Crippen LogP contribution in [0.2, 0.25) is 0 Å². The summed E-state index contributed by atoms with van der Waals surface area (Å²) < 4.78 is 10.5. The molecule has 0 aromatic carbocycles. The Labute approximate surface area is 173 Å². The van der Waals surface area contributed by atoms with Crippen molar-refractivity contribution < 1.29 is 19.1 Å². The van der Waals surface area contributed by atoms with E-state index in [9.17, 15) is 9.59 Å². The number of carbonyl (C=O) groups is 2. The van der Waals surface area contributed by atoms with Crippen LogP contribution < -0.4 is 0 Å². The van der Waals surface area contributed by atoms with Crippen molar-refractivity contribution in [2.75, 3.05) is 33.4 Å². The minimum Gasteiger partial charge on any atom is -0.466 e. The third-order valence-corrected chi connectivity index (χ3v) is 4.92. The maximum absolute atomic E-state index is 11.7. The second-order valence-electron chi connectivity index (χ2n) is 7.78. The zero-order valence-electron chi connectivity index (χ0n) is 18.8. The SMILES string of the molecule is CCCCCCCCOC(=O)CCN(C)CCC(=O)OCCCCCCCC. The first-order valence-electron chi connectivity index (χ1n) is 11.6. The number of nitrogens with zero attached hydrogens (tertiary/aromatic N) is 1. The molecular weight excluding hydrogens is 354 g/mol. The zero-order chi connectivity index (χ0) is 20.9. The summed E-state index contributed by atoms with van der Waals surface area (Å²) in [6.07, 6.45) is 15.0. The number of hydrogen-bond donors (Lipinski definition) is 0. The highest BCUT2D eigenvalue weighted by Crippen LogP contribution is 2.06. The van der Waals surface area contributed by atoms with Crippen LogP contribution in [-0.4, -0.2) is 50.2 Å². The van der Waals surface area contributed by atoms with Crippen LogP contribution in [0.25, 0.3) is 0 Å². The highest BCUT2D eigenvalue weighted by molar-refractivity contribution is 5.70. The van der Waals surface area contributed by atoms with Gasteiger partial charge in [0.05, 0.1) is 26.1 Å². The summed E-state index contributed by atoms with van der Waals surface area (Å²) in [5.74, 6) is -0.294. The second kappa shape index (κ2) is 20.6. The summed E-state index contributed by atoms with van der Waals surface area (Å²) in [5.41, 5.74) is 0. The van der Waals surface area contributed by atoms with Crippen LogP contribution in [0, 0.1) is 0 Å². The highest BCUT2D eigenvalue weighted by atomic mass is 16.5. The minimum atomic E-state index is -0.147. The quantitative estimate of drug-likeness (QED) is 0.200. The first kappa shape index (κ1) is 26.9. The molecule has 0 heterocycles. The summed E-state index contributed by atoms with van der Waals surface area (Å²) in [6.45, 7) is 6.69. The molecule has 0 aliphatic heterocycles. The number of esters is 2. The molecule has 0 fully saturated rings. The molecule has 0 rings (SSSR count). The molecule has 0 radical (unpaired) electrons. The Hall–Kier alpha value is -1.10. The van der Waals surface area contributed by atoms with Gasteiger partial charge < -0.3 is 14.4 Å². The number of rotatable bonds is 20. The van der Waals surface area contributed by atoms with E-state index >= 15 is 0 Å². The lowest BCUT2D eigenvalue weighted by molar-refractivity contribution is -0.144. The van der Waals surface area contributed by atoms with Crippen molar-refractivity contribution in [3.8, 4) is 0 Å². The normalized spacial score (nSPS) is 11.0. The molecule has 28 heavy (non-hydrogen) atoms. The largest absolute Gasteiger partial charge is 0.466 e. The Morgan fingerprint density at radius 1 is 0.607 bits per heavy atom. The third-order valence-electron chi connectivity index (χ3n) is 4.92. The number of ether oxygens (including phenoxy) is 2. The fourth-order valence-corrected chi connectivity index (χ4v) is 2.96. The van der Waals surface area contributed by atoms with E-state index in [4.69, 9.17) is 9.47 Å². The van der Waals surface area contributed by atoms with Crippen molar-refractivity contribution in [2.24, 2.45) is 0 Å². The Morgan fingerprint density at radius 2 is 0.964 bits per heavy atom. The topological polar surface area (TPSA) is 55.8 Å². The van der Waals surface area contributed by atoms with Gasteiger partial charge >= 0.3 is 11.9 Å². The second-order valence-corrected chi connectivity index (χ2v) is 7.78. The van der Waals surface area contributed by atoms with E-state index in [1.807, 2.05) is 11.9 Å². The van der Waals surface area contributed by atoms with E-state index in [-0.39, 0.29) is 11.9 Å². The molecule has 0 spiro atoms. The van der Waals surface area contributed by atoms with Gasteiger partial charge in [-0.15, -0.1) is 0 Å². The lowest BCUT2D eigenvalue weighted by Crippen LogP contribution is -2.26. The van der Waals surface area contributed by atoms with Crippen molar-refractivity contribution in [3.63, 3.8) is 0 Å². The van der Waals surface area contributed by atoms with E-state index < -0.39 is 0 Å². The lowest BCUT2D eigenvalue weighted by Gasteiger charge is -2.15. The van der Waals surface area contributed by atoms with E-state index in [2.05, 4.69) is 13.8 Å². The van der Waals surface area contributed by atoms with Crippen molar-refractivity contribution in [1.82, 2.24) is 4.90 Å². The molecule has 0 aliphatic carbocycles. The summed E-state index contributed by atoms with van der Waals surface area (Å²) in [7, 11) is 1.92. The molecule has 0 saturated carbocycles. The van der Waals surface area contributed by atoms with Gasteiger partial charge in [0.25, 0.3) is 0 Å². The molecule has 0 amide bonds. The summed E-state index contributed by atoms with van der Waals surface area (Å²) in [5, 5.41) is 0. The maximum atomic E-state index is 11.7. The van der Waals surface area contributed by atoms with Crippen LogP contribution in [0.15, 0.2) is 0 Å². The van der Waals surface area contributed by atoms with Gasteiger partial charge in [0.2, 0.25) is 0 Å². The summed E-state index contributed by atoms with van der Waals surface area (Å²) >= 11 is 0. The van der Waals surface area contributed by atoms with Crippen LogP contribution in [0.4, 0.5) is 0 Å². The van der Waals surface area contributed by atoms with Crippen molar-refractivity contribution >= 4 is 11.9 Å². The molecule has 0 aromatic rings. The third kappa shape index (κ3) is 19.7. The first-order chi connectivity index (χ1) is 13.6. The Balaban J connectivity index is 3.48.